The zero-order valence-corrected chi connectivity index (χ0v) is 11.7. The number of thiazole rings is 1. The second-order valence-corrected chi connectivity index (χ2v) is 5.81. The lowest BCUT2D eigenvalue weighted by atomic mass is 9.99. The van der Waals surface area contributed by atoms with Gasteiger partial charge < -0.3 is 5.32 Å². The molecule has 0 aromatic carbocycles. The highest BCUT2D eigenvalue weighted by Gasteiger charge is 2.22. The minimum Gasteiger partial charge on any atom is -0.320 e. The third-order valence-electron chi connectivity index (χ3n) is 3.67. The molecule has 1 unspecified atom stereocenters. The summed E-state index contributed by atoms with van der Waals surface area (Å²) in [4.78, 5) is 8.45. The van der Waals surface area contributed by atoms with Gasteiger partial charge in [-0.15, -0.1) is 11.3 Å². The van der Waals surface area contributed by atoms with Gasteiger partial charge in [0.15, 0.2) is 0 Å². The van der Waals surface area contributed by atoms with Crippen molar-refractivity contribution >= 4 is 11.3 Å². The molecule has 0 amide bonds. The van der Waals surface area contributed by atoms with Gasteiger partial charge in [0.1, 0.15) is 0 Å². The van der Waals surface area contributed by atoms with Crippen molar-refractivity contribution < 1.29 is 0 Å². The zero-order valence-electron chi connectivity index (χ0n) is 10.9. The van der Waals surface area contributed by atoms with E-state index in [1.807, 2.05) is 12.6 Å². The van der Waals surface area contributed by atoms with Crippen molar-refractivity contribution in [2.24, 2.45) is 0 Å². The Morgan fingerprint density at radius 2 is 2.41 bits per heavy atom. The molecule has 1 aromatic rings. The monoisotopic (exact) mass is 253 g/mol. The van der Waals surface area contributed by atoms with Crippen molar-refractivity contribution in [1.82, 2.24) is 15.2 Å². The van der Waals surface area contributed by atoms with Crippen molar-refractivity contribution in [3.8, 4) is 0 Å². The Hall–Kier alpha value is -0.450. The molecule has 1 saturated heterocycles. The summed E-state index contributed by atoms with van der Waals surface area (Å²) in [5.74, 6) is 0. The summed E-state index contributed by atoms with van der Waals surface area (Å²) in [5.41, 5.74) is 3.19. The lowest BCUT2D eigenvalue weighted by molar-refractivity contribution is 0.133. The molecule has 1 aromatic heterocycles. The van der Waals surface area contributed by atoms with Gasteiger partial charge >= 0.3 is 0 Å². The average Bonchev–Trinajstić information content (AvgIpc) is 2.74. The number of rotatable bonds is 5. The van der Waals surface area contributed by atoms with Gasteiger partial charge in [-0.05, 0) is 46.3 Å². The van der Waals surface area contributed by atoms with Crippen molar-refractivity contribution in [3.05, 3.63) is 16.1 Å². The topological polar surface area (TPSA) is 28.2 Å². The van der Waals surface area contributed by atoms with Crippen LogP contribution in [-0.4, -0.2) is 36.1 Å². The maximum atomic E-state index is 4.35. The van der Waals surface area contributed by atoms with Crippen molar-refractivity contribution in [1.29, 1.82) is 0 Å². The normalized spacial score (nSPS) is 21.9. The standard InChI is InChI=1S/C13H23N3S/c1-11-13(17-10-15-11)9-16-8-4-3-5-12(16)6-7-14-2/h10,12,14H,3-9H2,1-2H3. The van der Waals surface area contributed by atoms with Gasteiger partial charge in [0.05, 0.1) is 11.2 Å². The molecule has 1 aliphatic heterocycles. The lowest BCUT2D eigenvalue weighted by Crippen LogP contribution is -2.40. The summed E-state index contributed by atoms with van der Waals surface area (Å²) in [6.07, 6.45) is 5.38. The number of piperidine rings is 1. The number of nitrogens with zero attached hydrogens (tertiary/aromatic N) is 2. The molecule has 0 radical (unpaired) electrons. The van der Waals surface area contributed by atoms with E-state index in [9.17, 15) is 0 Å². The molecule has 2 heterocycles. The van der Waals surface area contributed by atoms with Gasteiger partial charge in [-0.25, -0.2) is 4.98 Å². The van der Waals surface area contributed by atoms with Gasteiger partial charge in [-0.2, -0.15) is 0 Å². The van der Waals surface area contributed by atoms with Crippen LogP contribution in [0.4, 0.5) is 0 Å². The maximum absolute atomic E-state index is 4.35. The molecule has 17 heavy (non-hydrogen) atoms. The highest BCUT2D eigenvalue weighted by atomic mass is 32.1. The van der Waals surface area contributed by atoms with E-state index in [0.29, 0.717) is 0 Å². The minimum atomic E-state index is 0.762. The fraction of sp³-hybridized carbons (Fsp3) is 0.769. The first kappa shape index (κ1) is 13.0. The van der Waals surface area contributed by atoms with Gasteiger partial charge in [-0.3, -0.25) is 4.90 Å². The predicted octanol–water partition coefficient (Wildman–Crippen LogP) is 2.42. The van der Waals surface area contributed by atoms with Crippen LogP contribution < -0.4 is 5.32 Å². The summed E-state index contributed by atoms with van der Waals surface area (Å²) >= 11 is 1.80. The average molecular weight is 253 g/mol. The summed E-state index contributed by atoms with van der Waals surface area (Å²) in [7, 11) is 2.04. The van der Waals surface area contributed by atoms with Crippen LogP contribution >= 0.6 is 11.3 Å². The van der Waals surface area contributed by atoms with E-state index >= 15 is 0 Å². The first-order valence-corrected chi connectivity index (χ1v) is 7.47. The molecular weight excluding hydrogens is 230 g/mol. The third kappa shape index (κ3) is 3.50. The Morgan fingerprint density at radius 1 is 1.53 bits per heavy atom. The third-order valence-corrected chi connectivity index (χ3v) is 4.59. The molecule has 0 bridgehead atoms. The van der Waals surface area contributed by atoms with Gasteiger partial charge in [-0.1, -0.05) is 6.42 Å². The highest BCUT2D eigenvalue weighted by molar-refractivity contribution is 7.09. The van der Waals surface area contributed by atoms with Crippen molar-refractivity contribution in [3.63, 3.8) is 0 Å². The second-order valence-electron chi connectivity index (χ2n) is 4.87. The molecule has 1 N–H and O–H groups in total. The Balaban J connectivity index is 1.94. The summed E-state index contributed by atoms with van der Waals surface area (Å²) < 4.78 is 0. The molecule has 4 heteroatoms. The van der Waals surface area contributed by atoms with E-state index in [0.717, 1.165) is 19.1 Å². The van der Waals surface area contributed by atoms with Crippen LogP contribution in [0.3, 0.4) is 0 Å². The quantitative estimate of drug-likeness (QED) is 0.873. The summed E-state index contributed by atoms with van der Waals surface area (Å²) in [5, 5.41) is 3.27. The summed E-state index contributed by atoms with van der Waals surface area (Å²) in [6, 6.07) is 0.762. The van der Waals surface area contributed by atoms with Crippen molar-refractivity contribution in [2.75, 3.05) is 20.1 Å². The number of likely N-dealkylation sites (tertiary alicyclic amines) is 1. The van der Waals surface area contributed by atoms with Crippen LogP contribution in [0.5, 0.6) is 0 Å². The van der Waals surface area contributed by atoms with E-state index < -0.39 is 0 Å². The largest absolute Gasteiger partial charge is 0.320 e. The Morgan fingerprint density at radius 3 is 3.12 bits per heavy atom. The maximum Gasteiger partial charge on any atom is 0.0798 e. The molecule has 0 aliphatic carbocycles. The number of aromatic nitrogens is 1. The van der Waals surface area contributed by atoms with Gasteiger partial charge in [0.25, 0.3) is 0 Å². The molecular formula is C13H23N3S. The minimum absolute atomic E-state index is 0.762. The number of hydrogen-bond donors (Lipinski definition) is 1. The number of nitrogens with one attached hydrogen (secondary N) is 1. The highest BCUT2D eigenvalue weighted by Crippen LogP contribution is 2.24. The van der Waals surface area contributed by atoms with Crippen LogP contribution in [0.2, 0.25) is 0 Å². The van der Waals surface area contributed by atoms with Crippen molar-refractivity contribution in [2.45, 2.75) is 45.2 Å². The Labute approximate surface area is 108 Å². The molecule has 0 saturated carbocycles. The van der Waals surface area contributed by atoms with Crippen LogP contribution in [-0.2, 0) is 6.54 Å². The van der Waals surface area contributed by atoms with E-state index in [-0.39, 0.29) is 0 Å². The number of hydrogen-bond acceptors (Lipinski definition) is 4. The SMILES string of the molecule is CNCCC1CCCCN1Cc1scnc1C. The fourth-order valence-corrected chi connectivity index (χ4v) is 3.37. The predicted molar refractivity (Wildman–Crippen MR) is 73.4 cm³/mol. The molecule has 2 rings (SSSR count). The number of aryl methyl sites for hydroxylation is 1. The van der Waals surface area contributed by atoms with E-state index in [2.05, 4.69) is 22.1 Å². The summed E-state index contributed by atoms with van der Waals surface area (Å²) in [6.45, 7) is 5.61. The van der Waals surface area contributed by atoms with E-state index in [1.165, 1.54) is 42.8 Å². The van der Waals surface area contributed by atoms with Gasteiger partial charge in [0.2, 0.25) is 0 Å². The Bertz CT molecular complexity index is 337. The zero-order chi connectivity index (χ0) is 12.1. The molecule has 1 atom stereocenters. The van der Waals surface area contributed by atoms with E-state index in [4.69, 9.17) is 0 Å². The van der Waals surface area contributed by atoms with E-state index in [1.54, 1.807) is 11.3 Å². The van der Waals surface area contributed by atoms with Crippen LogP contribution in [0.25, 0.3) is 0 Å². The van der Waals surface area contributed by atoms with Crippen LogP contribution in [0.1, 0.15) is 36.3 Å². The first-order chi connectivity index (χ1) is 8.31. The second kappa shape index (κ2) is 6.47. The lowest BCUT2D eigenvalue weighted by Gasteiger charge is -2.35. The Kier molecular flexibility index (Phi) is 4.95. The molecule has 3 nitrogen and oxygen atoms in total. The molecule has 0 spiro atoms. The molecule has 1 fully saturated rings. The van der Waals surface area contributed by atoms with Crippen LogP contribution in [0, 0.1) is 6.92 Å². The van der Waals surface area contributed by atoms with Gasteiger partial charge in [0, 0.05) is 17.5 Å². The smallest absolute Gasteiger partial charge is 0.0798 e. The fourth-order valence-electron chi connectivity index (χ4n) is 2.57. The molecule has 96 valence electrons. The molecule has 1 aliphatic rings. The van der Waals surface area contributed by atoms with Crippen LogP contribution in [0.15, 0.2) is 5.51 Å². The first-order valence-electron chi connectivity index (χ1n) is 6.59.